The van der Waals surface area contributed by atoms with Gasteiger partial charge in [-0.2, -0.15) is 12.7 Å². The fourth-order valence-electron chi connectivity index (χ4n) is 2.42. The third-order valence-corrected chi connectivity index (χ3v) is 5.69. The highest BCUT2D eigenvalue weighted by Crippen LogP contribution is 2.21. The van der Waals surface area contributed by atoms with Crippen molar-refractivity contribution < 1.29 is 8.42 Å². The summed E-state index contributed by atoms with van der Waals surface area (Å²) in [5.74, 6) is 0. The van der Waals surface area contributed by atoms with E-state index in [1.54, 1.807) is 23.5 Å². The zero-order chi connectivity index (χ0) is 14.6. The van der Waals surface area contributed by atoms with E-state index in [2.05, 4.69) is 0 Å². The summed E-state index contributed by atoms with van der Waals surface area (Å²) in [6, 6.07) is 7.34. The Balaban J connectivity index is 2.18. The third kappa shape index (κ3) is 3.31. The lowest BCUT2D eigenvalue weighted by Gasteiger charge is -2.27. The Labute approximate surface area is 121 Å². The summed E-state index contributed by atoms with van der Waals surface area (Å²) in [5, 5.41) is 0. The SMILES string of the molecule is CN(c1ccc(CN)cc1)S(=O)(=O)N1CCCCCC1. The zero-order valence-electron chi connectivity index (χ0n) is 12.0. The van der Waals surface area contributed by atoms with Gasteiger partial charge in [0.05, 0.1) is 5.69 Å². The first-order valence-electron chi connectivity index (χ1n) is 7.08. The molecule has 0 saturated carbocycles. The number of nitrogens with two attached hydrogens (primary N) is 1. The third-order valence-electron chi connectivity index (χ3n) is 3.77. The van der Waals surface area contributed by atoms with Crippen molar-refractivity contribution in [1.82, 2.24) is 4.31 Å². The molecule has 6 heteroatoms. The molecule has 2 rings (SSSR count). The van der Waals surface area contributed by atoms with Crippen molar-refractivity contribution in [3.05, 3.63) is 29.8 Å². The maximum absolute atomic E-state index is 12.6. The fourth-order valence-corrected chi connectivity index (χ4v) is 3.87. The Hall–Kier alpha value is -1.11. The monoisotopic (exact) mass is 297 g/mol. The second-order valence-electron chi connectivity index (χ2n) is 5.16. The van der Waals surface area contributed by atoms with Gasteiger partial charge in [-0.1, -0.05) is 25.0 Å². The molecular weight excluding hydrogens is 274 g/mol. The van der Waals surface area contributed by atoms with E-state index in [0.29, 0.717) is 25.3 Å². The van der Waals surface area contributed by atoms with E-state index in [1.165, 1.54) is 4.31 Å². The van der Waals surface area contributed by atoms with E-state index in [9.17, 15) is 8.42 Å². The molecule has 1 heterocycles. The molecule has 1 fully saturated rings. The van der Waals surface area contributed by atoms with Crippen molar-refractivity contribution in [2.24, 2.45) is 5.73 Å². The number of benzene rings is 1. The molecule has 0 amide bonds. The van der Waals surface area contributed by atoms with Gasteiger partial charge in [-0.05, 0) is 30.5 Å². The van der Waals surface area contributed by atoms with E-state index >= 15 is 0 Å². The molecule has 0 unspecified atom stereocenters. The first kappa shape index (κ1) is 15.3. The van der Waals surface area contributed by atoms with Crippen LogP contribution in [0.3, 0.4) is 0 Å². The van der Waals surface area contributed by atoms with Gasteiger partial charge < -0.3 is 5.73 Å². The van der Waals surface area contributed by atoms with Crippen LogP contribution in [0.1, 0.15) is 31.2 Å². The molecule has 112 valence electrons. The van der Waals surface area contributed by atoms with Crippen LogP contribution in [-0.4, -0.2) is 32.9 Å². The topological polar surface area (TPSA) is 66.6 Å². The van der Waals surface area contributed by atoms with Gasteiger partial charge in [0.1, 0.15) is 0 Å². The summed E-state index contributed by atoms with van der Waals surface area (Å²) in [4.78, 5) is 0. The lowest BCUT2D eigenvalue weighted by molar-refractivity contribution is 0.422. The largest absolute Gasteiger partial charge is 0.326 e. The molecular formula is C14H23N3O2S. The Morgan fingerprint density at radius 1 is 1.10 bits per heavy atom. The molecule has 0 radical (unpaired) electrons. The Morgan fingerprint density at radius 3 is 2.15 bits per heavy atom. The van der Waals surface area contributed by atoms with Gasteiger partial charge >= 0.3 is 10.2 Å². The summed E-state index contributed by atoms with van der Waals surface area (Å²) >= 11 is 0. The van der Waals surface area contributed by atoms with E-state index < -0.39 is 10.2 Å². The molecule has 20 heavy (non-hydrogen) atoms. The molecule has 1 aliphatic rings. The zero-order valence-corrected chi connectivity index (χ0v) is 12.8. The van der Waals surface area contributed by atoms with Crippen LogP contribution in [0, 0.1) is 0 Å². The van der Waals surface area contributed by atoms with Crippen LogP contribution in [-0.2, 0) is 16.8 Å². The van der Waals surface area contributed by atoms with Gasteiger partial charge in [0.25, 0.3) is 0 Å². The first-order chi connectivity index (χ1) is 9.55. The van der Waals surface area contributed by atoms with Crippen molar-refractivity contribution >= 4 is 15.9 Å². The van der Waals surface area contributed by atoms with Gasteiger partial charge in [0, 0.05) is 26.7 Å². The molecule has 0 aromatic heterocycles. The number of hydrogen-bond acceptors (Lipinski definition) is 3. The van der Waals surface area contributed by atoms with Gasteiger partial charge in [-0.3, -0.25) is 4.31 Å². The average Bonchev–Trinajstić information content (AvgIpc) is 2.76. The average molecular weight is 297 g/mol. The van der Waals surface area contributed by atoms with E-state index in [4.69, 9.17) is 5.73 Å². The van der Waals surface area contributed by atoms with Crippen LogP contribution in [0.25, 0.3) is 0 Å². The highest BCUT2D eigenvalue weighted by molar-refractivity contribution is 7.90. The van der Waals surface area contributed by atoms with Crippen LogP contribution < -0.4 is 10.0 Å². The van der Waals surface area contributed by atoms with Gasteiger partial charge in [-0.25, -0.2) is 0 Å². The standard InChI is InChI=1S/C14H23N3O2S/c1-16(14-8-6-13(12-15)7-9-14)20(18,19)17-10-4-2-3-5-11-17/h6-9H,2-5,10-12,15H2,1H3. The summed E-state index contributed by atoms with van der Waals surface area (Å²) < 4.78 is 28.2. The molecule has 2 N–H and O–H groups in total. The molecule has 0 spiro atoms. The molecule has 1 aromatic rings. The molecule has 1 aliphatic heterocycles. The minimum Gasteiger partial charge on any atom is -0.326 e. The van der Waals surface area contributed by atoms with Gasteiger partial charge in [0.15, 0.2) is 0 Å². The Kier molecular flexibility index (Phi) is 5.01. The summed E-state index contributed by atoms with van der Waals surface area (Å²) in [5.41, 5.74) is 7.22. The maximum atomic E-state index is 12.6. The Morgan fingerprint density at radius 2 is 1.65 bits per heavy atom. The Bertz CT molecular complexity index is 520. The normalized spacial score (nSPS) is 17.7. The number of anilines is 1. The second-order valence-corrected chi connectivity index (χ2v) is 7.12. The molecule has 0 aliphatic carbocycles. The summed E-state index contributed by atoms with van der Waals surface area (Å²) in [7, 11) is -1.81. The number of rotatable bonds is 4. The molecule has 0 bridgehead atoms. The predicted octanol–water partition coefficient (Wildman–Crippen LogP) is 1.70. The van der Waals surface area contributed by atoms with Crippen LogP contribution in [0.15, 0.2) is 24.3 Å². The molecule has 1 aromatic carbocycles. The highest BCUT2D eigenvalue weighted by atomic mass is 32.2. The van der Waals surface area contributed by atoms with Crippen molar-refractivity contribution in [1.29, 1.82) is 0 Å². The molecule has 0 atom stereocenters. The fraction of sp³-hybridized carbons (Fsp3) is 0.571. The van der Waals surface area contributed by atoms with Crippen LogP contribution in [0.5, 0.6) is 0 Å². The van der Waals surface area contributed by atoms with Crippen molar-refractivity contribution in [2.75, 3.05) is 24.4 Å². The highest BCUT2D eigenvalue weighted by Gasteiger charge is 2.27. The molecule has 5 nitrogen and oxygen atoms in total. The van der Waals surface area contributed by atoms with Crippen molar-refractivity contribution in [2.45, 2.75) is 32.2 Å². The quantitative estimate of drug-likeness (QED) is 0.920. The van der Waals surface area contributed by atoms with Gasteiger partial charge in [0.2, 0.25) is 0 Å². The lowest BCUT2D eigenvalue weighted by Crippen LogP contribution is -2.42. The van der Waals surface area contributed by atoms with Crippen LogP contribution in [0.4, 0.5) is 5.69 Å². The van der Waals surface area contributed by atoms with Crippen LogP contribution in [0.2, 0.25) is 0 Å². The smallest absolute Gasteiger partial charge is 0.303 e. The second kappa shape index (κ2) is 6.56. The lowest BCUT2D eigenvalue weighted by atomic mass is 10.2. The van der Waals surface area contributed by atoms with Crippen molar-refractivity contribution in [3.63, 3.8) is 0 Å². The van der Waals surface area contributed by atoms with E-state index in [1.807, 2.05) is 12.1 Å². The van der Waals surface area contributed by atoms with Crippen LogP contribution >= 0.6 is 0 Å². The maximum Gasteiger partial charge on any atom is 0.303 e. The minimum atomic E-state index is -3.42. The number of nitrogens with zero attached hydrogens (tertiary/aromatic N) is 2. The van der Waals surface area contributed by atoms with E-state index in [-0.39, 0.29) is 0 Å². The summed E-state index contributed by atoms with van der Waals surface area (Å²) in [6.07, 6.45) is 4.11. The molecule has 1 saturated heterocycles. The minimum absolute atomic E-state index is 0.461. The number of hydrogen-bond donors (Lipinski definition) is 1. The first-order valence-corrected chi connectivity index (χ1v) is 8.48. The van der Waals surface area contributed by atoms with Gasteiger partial charge in [-0.15, -0.1) is 0 Å². The van der Waals surface area contributed by atoms with E-state index in [0.717, 1.165) is 31.2 Å². The summed E-state index contributed by atoms with van der Waals surface area (Å²) in [6.45, 7) is 1.70. The van der Waals surface area contributed by atoms with Crippen molar-refractivity contribution in [3.8, 4) is 0 Å². The predicted molar refractivity (Wildman–Crippen MR) is 81.7 cm³/mol.